The number of benzene rings is 3. The first kappa shape index (κ1) is 29.6. The van der Waals surface area contributed by atoms with Gasteiger partial charge in [0.15, 0.2) is 17.4 Å². The highest BCUT2D eigenvalue weighted by Crippen LogP contribution is 2.30. The minimum atomic E-state index is -5.11. The molecule has 41 heavy (non-hydrogen) atoms. The van der Waals surface area contributed by atoms with Crippen molar-refractivity contribution in [2.24, 2.45) is 0 Å². The van der Waals surface area contributed by atoms with Crippen LogP contribution < -0.4 is 9.47 Å². The number of aryl methyl sites for hydroxylation is 1. The Bertz CT molecular complexity index is 1520. The molecule has 0 saturated carbocycles. The normalized spacial score (nSPS) is 11.4. The van der Waals surface area contributed by atoms with E-state index in [1.165, 1.54) is 24.6 Å². The second-order valence-electron chi connectivity index (χ2n) is 9.14. The van der Waals surface area contributed by atoms with Crippen LogP contribution >= 0.6 is 0 Å². The maximum atomic E-state index is 15.0. The molecule has 1 heterocycles. The van der Waals surface area contributed by atoms with Gasteiger partial charge in [0, 0.05) is 29.6 Å². The number of halogens is 6. The third-order valence-electron chi connectivity index (χ3n) is 6.09. The van der Waals surface area contributed by atoms with Crippen LogP contribution in [-0.2, 0) is 6.42 Å². The molecule has 0 unspecified atom stereocenters. The average Bonchev–Trinajstić information content (AvgIpc) is 2.92. The zero-order chi connectivity index (χ0) is 29.6. The van der Waals surface area contributed by atoms with Gasteiger partial charge < -0.3 is 9.47 Å². The summed E-state index contributed by atoms with van der Waals surface area (Å²) in [6, 6.07) is 9.51. The Labute approximate surface area is 231 Å². The Balaban J connectivity index is 1.45. The number of carbonyl (C=O) groups is 1. The van der Waals surface area contributed by atoms with Crippen LogP contribution in [0.25, 0.3) is 22.5 Å². The minimum Gasteiger partial charge on any atom is -0.423 e. The SMILES string of the molecule is CCCCCCc1cnc(-c2ccc(-c3ccc(C(=O)Oc4ccc(OC(F)(F)F)c(F)c4)c(F)c3)c(F)c2)nc1. The highest BCUT2D eigenvalue weighted by atomic mass is 19.4. The highest BCUT2D eigenvalue weighted by molar-refractivity contribution is 5.92. The van der Waals surface area contributed by atoms with E-state index in [0.717, 1.165) is 49.4 Å². The van der Waals surface area contributed by atoms with Crippen LogP contribution in [0, 0.1) is 17.5 Å². The summed E-state index contributed by atoms with van der Waals surface area (Å²) in [5.41, 5.74) is 1.07. The maximum absolute atomic E-state index is 15.0. The van der Waals surface area contributed by atoms with E-state index in [2.05, 4.69) is 21.6 Å². The van der Waals surface area contributed by atoms with Crippen LogP contribution in [0.2, 0.25) is 0 Å². The molecule has 0 radical (unpaired) electrons. The van der Waals surface area contributed by atoms with E-state index < -0.39 is 46.8 Å². The predicted octanol–water partition coefficient (Wildman–Crippen LogP) is 8.47. The molecule has 0 atom stereocenters. The molecule has 0 N–H and O–H groups in total. The van der Waals surface area contributed by atoms with Gasteiger partial charge in [0.25, 0.3) is 0 Å². The summed E-state index contributed by atoms with van der Waals surface area (Å²) in [5.74, 6) is -5.65. The van der Waals surface area contributed by atoms with Crippen LogP contribution in [0.1, 0.15) is 48.5 Å². The van der Waals surface area contributed by atoms with Gasteiger partial charge in [-0.3, -0.25) is 0 Å². The number of hydrogen-bond donors (Lipinski definition) is 0. The smallest absolute Gasteiger partial charge is 0.423 e. The molecule has 0 aliphatic carbocycles. The summed E-state index contributed by atoms with van der Waals surface area (Å²) in [7, 11) is 0. The summed E-state index contributed by atoms with van der Waals surface area (Å²) in [5, 5.41) is 0. The molecule has 1 aromatic heterocycles. The summed E-state index contributed by atoms with van der Waals surface area (Å²) < 4.78 is 89.0. The van der Waals surface area contributed by atoms with E-state index in [-0.39, 0.29) is 11.1 Å². The van der Waals surface area contributed by atoms with Gasteiger partial charge in [-0.25, -0.2) is 27.9 Å². The van der Waals surface area contributed by atoms with Crippen LogP contribution in [-0.4, -0.2) is 22.3 Å². The molecule has 0 amide bonds. The number of unbranched alkanes of at least 4 members (excludes halogenated alkanes) is 3. The maximum Gasteiger partial charge on any atom is 0.573 e. The zero-order valence-corrected chi connectivity index (χ0v) is 21.8. The second kappa shape index (κ2) is 12.8. The Morgan fingerprint density at radius 1 is 0.805 bits per heavy atom. The molecular weight excluding hydrogens is 550 g/mol. The standard InChI is InChI=1S/C30H24F6N2O3/c1-2-3-4-5-6-18-16-37-28(38-17-18)20-8-10-22(24(31)14-20)19-7-11-23(25(32)13-19)29(39)40-21-9-12-27(26(33)15-21)41-30(34,35)36/h7-17H,2-6H2,1H3. The van der Waals surface area contributed by atoms with Crippen LogP contribution in [0.15, 0.2) is 67.0 Å². The molecule has 4 aromatic rings. The number of nitrogens with zero attached hydrogens (tertiary/aromatic N) is 2. The number of aromatic nitrogens is 2. The van der Waals surface area contributed by atoms with Crippen LogP contribution in [0.4, 0.5) is 26.3 Å². The fraction of sp³-hybridized carbons (Fsp3) is 0.233. The van der Waals surface area contributed by atoms with Crippen molar-refractivity contribution >= 4 is 5.97 Å². The number of alkyl halides is 3. The molecule has 0 aliphatic rings. The summed E-state index contributed by atoms with van der Waals surface area (Å²) in [6.07, 6.45) is 3.67. The summed E-state index contributed by atoms with van der Waals surface area (Å²) >= 11 is 0. The van der Waals surface area contributed by atoms with E-state index in [1.54, 1.807) is 18.5 Å². The summed E-state index contributed by atoms with van der Waals surface area (Å²) in [4.78, 5) is 21.1. The molecule has 5 nitrogen and oxygen atoms in total. The molecule has 0 fully saturated rings. The molecule has 3 aromatic carbocycles. The average molecular weight is 575 g/mol. The van der Waals surface area contributed by atoms with Crippen LogP contribution in [0.3, 0.4) is 0 Å². The fourth-order valence-electron chi connectivity index (χ4n) is 4.04. The van der Waals surface area contributed by atoms with E-state index in [4.69, 9.17) is 4.74 Å². The second-order valence-corrected chi connectivity index (χ2v) is 9.14. The third-order valence-corrected chi connectivity index (χ3v) is 6.09. The largest absolute Gasteiger partial charge is 0.573 e. The van der Waals surface area contributed by atoms with E-state index in [1.807, 2.05) is 0 Å². The quantitative estimate of drug-likeness (QED) is 0.0823. The van der Waals surface area contributed by atoms with E-state index >= 15 is 4.39 Å². The lowest BCUT2D eigenvalue weighted by Crippen LogP contribution is -2.18. The van der Waals surface area contributed by atoms with Crippen molar-refractivity contribution in [3.05, 3.63) is 95.6 Å². The lowest BCUT2D eigenvalue weighted by Gasteiger charge is -2.11. The van der Waals surface area contributed by atoms with Gasteiger partial charge in [0.05, 0.1) is 5.56 Å². The monoisotopic (exact) mass is 574 g/mol. The molecule has 0 bridgehead atoms. The molecule has 0 aliphatic heterocycles. The first-order valence-corrected chi connectivity index (χ1v) is 12.7. The van der Waals surface area contributed by atoms with Gasteiger partial charge in [-0.15, -0.1) is 13.2 Å². The number of rotatable bonds is 10. The number of ether oxygens (including phenoxy) is 2. The lowest BCUT2D eigenvalue weighted by atomic mass is 10.0. The van der Waals surface area contributed by atoms with Gasteiger partial charge in [0.1, 0.15) is 17.4 Å². The minimum absolute atomic E-state index is 0.0578. The van der Waals surface area contributed by atoms with Crippen LogP contribution in [0.5, 0.6) is 11.5 Å². The van der Waals surface area contributed by atoms with Crippen molar-refractivity contribution in [1.82, 2.24) is 9.97 Å². The zero-order valence-electron chi connectivity index (χ0n) is 21.8. The first-order chi connectivity index (χ1) is 19.5. The van der Waals surface area contributed by atoms with Gasteiger partial charge in [-0.1, -0.05) is 44.4 Å². The molecule has 0 spiro atoms. The highest BCUT2D eigenvalue weighted by Gasteiger charge is 2.32. The summed E-state index contributed by atoms with van der Waals surface area (Å²) in [6.45, 7) is 2.14. The first-order valence-electron chi connectivity index (χ1n) is 12.7. The lowest BCUT2D eigenvalue weighted by molar-refractivity contribution is -0.275. The molecular formula is C30H24F6N2O3. The van der Waals surface area contributed by atoms with Crippen molar-refractivity contribution in [3.8, 4) is 34.0 Å². The van der Waals surface area contributed by atoms with Crippen molar-refractivity contribution in [1.29, 1.82) is 0 Å². The predicted molar refractivity (Wildman–Crippen MR) is 139 cm³/mol. The number of carbonyl (C=O) groups excluding carboxylic acids is 1. The topological polar surface area (TPSA) is 61.3 Å². The van der Waals surface area contributed by atoms with Crippen molar-refractivity contribution in [2.75, 3.05) is 0 Å². The Kier molecular flexibility index (Phi) is 9.26. The van der Waals surface area contributed by atoms with Gasteiger partial charge >= 0.3 is 12.3 Å². The van der Waals surface area contributed by atoms with E-state index in [9.17, 15) is 26.7 Å². The Morgan fingerprint density at radius 2 is 1.51 bits per heavy atom. The third kappa shape index (κ3) is 7.84. The van der Waals surface area contributed by atoms with Crippen molar-refractivity contribution in [2.45, 2.75) is 45.4 Å². The molecule has 214 valence electrons. The van der Waals surface area contributed by atoms with Gasteiger partial charge in [-0.2, -0.15) is 0 Å². The van der Waals surface area contributed by atoms with Crippen molar-refractivity contribution in [3.63, 3.8) is 0 Å². The van der Waals surface area contributed by atoms with Crippen molar-refractivity contribution < 1.29 is 40.6 Å². The van der Waals surface area contributed by atoms with Gasteiger partial charge in [0.2, 0.25) is 0 Å². The van der Waals surface area contributed by atoms with Gasteiger partial charge in [-0.05, 0) is 54.3 Å². The Morgan fingerprint density at radius 3 is 2.15 bits per heavy atom. The fourth-order valence-corrected chi connectivity index (χ4v) is 4.04. The number of esters is 1. The molecule has 11 heteroatoms. The molecule has 0 saturated heterocycles. The number of hydrogen-bond acceptors (Lipinski definition) is 5. The Hall–Kier alpha value is -4.41. The molecule has 4 rings (SSSR count). The van der Waals surface area contributed by atoms with E-state index in [0.29, 0.717) is 23.5 Å².